The number of hydrogen-bond acceptors (Lipinski definition) is 3. The highest BCUT2D eigenvalue weighted by atomic mass is 19.1. The molecule has 0 fully saturated rings. The summed E-state index contributed by atoms with van der Waals surface area (Å²) in [6.45, 7) is 3.04. The first-order chi connectivity index (χ1) is 9.90. The smallest absolute Gasteiger partial charge is 0.246 e. The summed E-state index contributed by atoms with van der Waals surface area (Å²) in [4.78, 5) is 34.0. The second-order valence-electron chi connectivity index (χ2n) is 4.49. The minimum absolute atomic E-state index is 0.0573. The van der Waals surface area contributed by atoms with E-state index in [1.54, 1.807) is 6.07 Å². The van der Waals surface area contributed by atoms with Crippen LogP contribution in [0.15, 0.2) is 24.3 Å². The summed E-state index contributed by atoms with van der Waals surface area (Å²) in [6.07, 6.45) is 0.0664. The van der Waals surface area contributed by atoms with E-state index in [0.717, 1.165) is 0 Å². The predicted octanol–water partition coefficient (Wildman–Crippen LogP) is 0.795. The SMILES string of the molecule is CC(=O)NCCC(=O)NC(C)C(=O)Nc1ccccc1F. The van der Waals surface area contributed by atoms with E-state index in [9.17, 15) is 18.8 Å². The van der Waals surface area contributed by atoms with Gasteiger partial charge >= 0.3 is 0 Å². The van der Waals surface area contributed by atoms with Gasteiger partial charge in [0.2, 0.25) is 17.7 Å². The van der Waals surface area contributed by atoms with E-state index in [1.165, 1.54) is 32.0 Å². The molecule has 1 rings (SSSR count). The molecule has 1 aromatic carbocycles. The van der Waals surface area contributed by atoms with Gasteiger partial charge in [-0.05, 0) is 19.1 Å². The lowest BCUT2D eigenvalue weighted by Gasteiger charge is -2.14. The Morgan fingerprint density at radius 3 is 2.52 bits per heavy atom. The number of hydrogen-bond donors (Lipinski definition) is 3. The highest BCUT2D eigenvalue weighted by Gasteiger charge is 2.16. The van der Waals surface area contributed by atoms with Crippen LogP contribution in [-0.2, 0) is 14.4 Å². The van der Waals surface area contributed by atoms with Gasteiger partial charge in [-0.25, -0.2) is 4.39 Å². The van der Waals surface area contributed by atoms with Crippen molar-refractivity contribution in [1.82, 2.24) is 10.6 Å². The third-order valence-electron chi connectivity index (χ3n) is 2.63. The Bertz CT molecular complexity index is 534. The Kier molecular flexibility index (Phi) is 6.32. The number of carbonyl (C=O) groups excluding carboxylic acids is 3. The van der Waals surface area contributed by atoms with Gasteiger partial charge in [0.25, 0.3) is 0 Å². The largest absolute Gasteiger partial charge is 0.356 e. The maximum absolute atomic E-state index is 13.4. The minimum atomic E-state index is -0.811. The maximum Gasteiger partial charge on any atom is 0.246 e. The molecular weight excluding hydrogens is 277 g/mol. The first kappa shape index (κ1) is 16.6. The number of nitrogens with one attached hydrogen (secondary N) is 3. The number of benzene rings is 1. The van der Waals surface area contributed by atoms with Crippen LogP contribution in [0.2, 0.25) is 0 Å². The molecule has 21 heavy (non-hydrogen) atoms. The first-order valence-electron chi connectivity index (χ1n) is 6.49. The molecule has 1 atom stereocenters. The lowest BCUT2D eigenvalue weighted by molar-refractivity contribution is -0.126. The van der Waals surface area contributed by atoms with Gasteiger partial charge in [0.15, 0.2) is 0 Å². The third-order valence-corrected chi connectivity index (χ3v) is 2.63. The van der Waals surface area contributed by atoms with Gasteiger partial charge in [0.1, 0.15) is 11.9 Å². The van der Waals surface area contributed by atoms with E-state index >= 15 is 0 Å². The summed E-state index contributed by atoms with van der Waals surface area (Å²) in [6, 6.07) is 4.95. The molecule has 0 aliphatic heterocycles. The number of anilines is 1. The van der Waals surface area contributed by atoms with Crippen LogP contribution in [0.3, 0.4) is 0 Å². The summed E-state index contributed by atoms with van der Waals surface area (Å²) < 4.78 is 13.4. The molecule has 0 aromatic heterocycles. The number of halogens is 1. The van der Waals surface area contributed by atoms with Crippen molar-refractivity contribution >= 4 is 23.4 Å². The summed E-state index contributed by atoms with van der Waals surface area (Å²) in [7, 11) is 0. The van der Waals surface area contributed by atoms with Crippen LogP contribution in [0, 0.1) is 5.82 Å². The molecule has 6 nitrogen and oxygen atoms in total. The van der Waals surface area contributed by atoms with Crippen LogP contribution in [0.4, 0.5) is 10.1 Å². The third kappa shape index (κ3) is 6.03. The van der Waals surface area contributed by atoms with E-state index in [-0.39, 0.29) is 30.5 Å². The lowest BCUT2D eigenvalue weighted by atomic mass is 10.2. The maximum atomic E-state index is 13.4. The molecule has 0 saturated heterocycles. The van der Waals surface area contributed by atoms with Crippen LogP contribution in [-0.4, -0.2) is 30.3 Å². The molecule has 1 aromatic rings. The molecule has 0 heterocycles. The van der Waals surface area contributed by atoms with E-state index < -0.39 is 17.8 Å². The fourth-order valence-electron chi connectivity index (χ4n) is 1.53. The number of para-hydroxylation sites is 1. The Morgan fingerprint density at radius 2 is 1.90 bits per heavy atom. The Labute approximate surface area is 122 Å². The Balaban J connectivity index is 2.42. The summed E-state index contributed by atoms with van der Waals surface area (Å²) in [5, 5.41) is 7.34. The zero-order chi connectivity index (χ0) is 15.8. The molecule has 3 N–H and O–H groups in total. The molecule has 0 bridgehead atoms. The highest BCUT2D eigenvalue weighted by Crippen LogP contribution is 2.12. The van der Waals surface area contributed by atoms with Crippen molar-refractivity contribution in [2.45, 2.75) is 26.3 Å². The normalized spacial score (nSPS) is 11.4. The molecule has 7 heteroatoms. The molecule has 3 amide bonds. The van der Waals surface area contributed by atoms with Crippen molar-refractivity contribution in [3.63, 3.8) is 0 Å². The molecule has 0 aliphatic rings. The van der Waals surface area contributed by atoms with Crippen molar-refractivity contribution in [2.75, 3.05) is 11.9 Å². The van der Waals surface area contributed by atoms with Crippen LogP contribution in [0.25, 0.3) is 0 Å². The van der Waals surface area contributed by atoms with E-state index in [2.05, 4.69) is 16.0 Å². The fourth-order valence-corrected chi connectivity index (χ4v) is 1.53. The average Bonchev–Trinajstić information content (AvgIpc) is 2.40. The van der Waals surface area contributed by atoms with Gasteiger partial charge < -0.3 is 16.0 Å². The van der Waals surface area contributed by atoms with Gasteiger partial charge in [0, 0.05) is 19.9 Å². The molecule has 0 radical (unpaired) electrons. The van der Waals surface area contributed by atoms with Crippen LogP contribution >= 0.6 is 0 Å². The molecular formula is C14H18FN3O3. The Hall–Kier alpha value is -2.44. The van der Waals surface area contributed by atoms with Crippen molar-refractivity contribution < 1.29 is 18.8 Å². The lowest BCUT2D eigenvalue weighted by Crippen LogP contribution is -2.42. The monoisotopic (exact) mass is 295 g/mol. The van der Waals surface area contributed by atoms with Gasteiger partial charge in [-0.1, -0.05) is 12.1 Å². The topological polar surface area (TPSA) is 87.3 Å². The van der Waals surface area contributed by atoms with Gasteiger partial charge in [-0.3, -0.25) is 14.4 Å². The van der Waals surface area contributed by atoms with Crippen LogP contribution in [0.5, 0.6) is 0 Å². The predicted molar refractivity (Wildman–Crippen MR) is 75.9 cm³/mol. The van der Waals surface area contributed by atoms with E-state index in [0.29, 0.717) is 0 Å². The van der Waals surface area contributed by atoms with E-state index in [1.807, 2.05) is 0 Å². The summed E-state index contributed by atoms with van der Waals surface area (Å²) in [5.41, 5.74) is 0.0573. The molecule has 0 aliphatic carbocycles. The zero-order valence-corrected chi connectivity index (χ0v) is 11.9. The standard InChI is InChI=1S/C14H18FN3O3/c1-9(17-13(20)7-8-16-10(2)19)14(21)18-12-6-4-3-5-11(12)15/h3-6,9H,7-8H2,1-2H3,(H,16,19)(H,17,20)(H,18,21). The molecule has 1 unspecified atom stereocenters. The average molecular weight is 295 g/mol. The second-order valence-corrected chi connectivity index (χ2v) is 4.49. The second kappa shape index (κ2) is 7.98. The van der Waals surface area contributed by atoms with Crippen molar-refractivity contribution in [2.24, 2.45) is 0 Å². The summed E-state index contributed by atoms with van der Waals surface area (Å²) in [5.74, 6) is -1.67. The van der Waals surface area contributed by atoms with Crippen molar-refractivity contribution in [3.8, 4) is 0 Å². The van der Waals surface area contributed by atoms with Gasteiger partial charge in [0.05, 0.1) is 5.69 Å². The molecule has 114 valence electrons. The van der Waals surface area contributed by atoms with Gasteiger partial charge in [-0.2, -0.15) is 0 Å². The highest BCUT2D eigenvalue weighted by molar-refractivity contribution is 5.97. The number of amides is 3. The van der Waals surface area contributed by atoms with Crippen LogP contribution in [0.1, 0.15) is 20.3 Å². The van der Waals surface area contributed by atoms with Crippen molar-refractivity contribution in [3.05, 3.63) is 30.1 Å². The summed E-state index contributed by atoms with van der Waals surface area (Å²) >= 11 is 0. The van der Waals surface area contributed by atoms with Gasteiger partial charge in [-0.15, -0.1) is 0 Å². The van der Waals surface area contributed by atoms with Crippen molar-refractivity contribution in [1.29, 1.82) is 0 Å². The first-order valence-corrected chi connectivity index (χ1v) is 6.49. The van der Waals surface area contributed by atoms with Crippen LogP contribution < -0.4 is 16.0 Å². The number of rotatable bonds is 6. The number of carbonyl (C=O) groups is 3. The van der Waals surface area contributed by atoms with E-state index in [4.69, 9.17) is 0 Å². The Morgan fingerprint density at radius 1 is 1.24 bits per heavy atom. The fraction of sp³-hybridized carbons (Fsp3) is 0.357. The zero-order valence-electron chi connectivity index (χ0n) is 11.9. The quantitative estimate of drug-likeness (QED) is 0.725. The molecule has 0 saturated carbocycles. The minimum Gasteiger partial charge on any atom is -0.356 e. The molecule has 0 spiro atoms.